The first-order valence-electron chi connectivity index (χ1n) is 5.34. The van der Waals surface area contributed by atoms with Crippen LogP contribution in [0.25, 0.3) is 0 Å². The van der Waals surface area contributed by atoms with Crippen LogP contribution in [0.15, 0.2) is 29.6 Å². The molecule has 1 aromatic heterocycles. The van der Waals surface area contributed by atoms with E-state index < -0.39 is 11.8 Å². The van der Waals surface area contributed by atoms with Crippen LogP contribution in [0, 0.1) is 17.1 Å². The van der Waals surface area contributed by atoms with E-state index in [4.69, 9.17) is 10.4 Å². The average Bonchev–Trinajstić information content (AvgIpc) is 2.86. The first-order chi connectivity index (χ1) is 9.10. The predicted molar refractivity (Wildman–Crippen MR) is 69.7 cm³/mol. The third kappa shape index (κ3) is 3.09. The summed E-state index contributed by atoms with van der Waals surface area (Å²) in [7, 11) is 0. The van der Waals surface area contributed by atoms with Gasteiger partial charge in [0.15, 0.2) is 0 Å². The van der Waals surface area contributed by atoms with Crippen molar-refractivity contribution in [1.82, 2.24) is 0 Å². The van der Waals surface area contributed by atoms with E-state index in [9.17, 15) is 9.18 Å². The number of hydrogen-bond acceptors (Lipinski definition) is 4. The fourth-order valence-electron chi connectivity index (χ4n) is 1.53. The number of hydrogen-bond donors (Lipinski definition) is 2. The molecular formula is C13H9FN2O2S. The molecule has 0 aliphatic rings. The maximum absolute atomic E-state index is 12.9. The van der Waals surface area contributed by atoms with E-state index >= 15 is 0 Å². The van der Waals surface area contributed by atoms with E-state index in [0.717, 1.165) is 10.9 Å². The lowest BCUT2D eigenvalue weighted by molar-refractivity contribution is 0.0697. The largest absolute Gasteiger partial charge is 0.478 e. The second-order valence-corrected chi connectivity index (χ2v) is 4.76. The first-order valence-corrected chi connectivity index (χ1v) is 6.22. The number of nitriles is 1. The third-order valence-electron chi connectivity index (χ3n) is 2.46. The molecule has 0 bridgehead atoms. The quantitative estimate of drug-likeness (QED) is 0.900. The minimum Gasteiger partial charge on any atom is -0.478 e. The summed E-state index contributed by atoms with van der Waals surface area (Å²) < 4.78 is 12.9. The topological polar surface area (TPSA) is 73.1 Å². The van der Waals surface area contributed by atoms with E-state index in [1.807, 2.05) is 6.07 Å². The lowest BCUT2D eigenvalue weighted by Crippen LogP contribution is -2.00. The summed E-state index contributed by atoms with van der Waals surface area (Å²) in [5.41, 5.74) is 0.977. The molecule has 4 nitrogen and oxygen atoms in total. The van der Waals surface area contributed by atoms with Crippen molar-refractivity contribution in [3.63, 3.8) is 0 Å². The monoisotopic (exact) mass is 276 g/mol. The van der Waals surface area contributed by atoms with Gasteiger partial charge in [-0.25, -0.2) is 9.18 Å². The number of benzene rings is 1. The third-order valence-corrected chi connectivity index (χ3v) is 3.39. The van der Waals surface area contributed by atoms with Gasteiger partial charge in [-0.15, -0.1) is 11.3 Å². The van der Waals surface area contributed by atoms with Gasteiger partial charge < -0.3 is 10.4 Å². The normalized spacial score (nSPS) is 9.89. The second kappa shape index (κ2) is 5.50. The molecular weight excluding hydrogens is 267 g/mol. The van der Waals surface area contributed by atoms with Crippen molar-refractivity contribution in [1.29, 1.82) is 5.26 Å². The van der Waals surface area contributed by atoms with Gasteiger partial charge in [-0.2, -0.15) is 5.26 Å². The van der Waals surface area contributed by atoms with Crippen LogP contribution in [0.4, 0.5) is 10.1 Å². The molecule has 96 valence electrons. The number of anilines is 1. The molecule has 0 saturated heterocycles. The Kier molecular flexibility index (Phi) is 3.78. The van der Waals surface area contributed by atoms with E-state index in [1.54, 1.807) is 11.4 Å². The van der Waals surface area contributed by atoms with Gasteiger partial charge in [0.05, 0.1) is 16.8 Å². The lowest BCUT2D eigenvalue weighted by Gasteiger charge is -2.06. The molecule has 0 saturated carbocycles. The zero-order valence-electron chi connectivity index (χ0n) is 9.68. The van der Waals surface area contributed by atoms with Gasteiger partial charge in [-0.3, -0.25) is 0 Å². The molecule has 2 N–H and O–H groups in total. The summed E-state index contributed by atoms with van der Waals surface area (Å²) in [6, 6.07) is 7.37. The number of carboxylic acid groups (broad SMARTS) is 1. The molecule has 1 heterocycles. The van der Waals surface area contributed by atoms with Crippen molar-refractivity contribution in [2.24, 2.45) is 0 Å². The van der Waals surface area contributed by atoms with Crippen molar-refractivity contribution < 1.29 is 14.3 Å². The predicted octanol–water partition coefficient (Wildman–Crippen LogP) is 3.07. The van der Waals surface area contributed by atoms with Gasteiger partial charge in [-0.05, 0) is 24.3 Å². The van der Waals surface area contributed by atoms with Crippen molar-refractivity contribution in [2.75, 3.05) is 5.32 Å². The number of halogens is 1. The van der Waals surface area contributed by atoms with Gasteiger partial charge in [-0.1, -0.05) is 0 Å². The zero-order chi connectivity index (χ0) is 13.8. The van der Waals surface area contributed by atoms with E-state index in [0.29, 0.717) is 12.2 Å². The summed E-state index contributed by atoms with van der Waals surface area (Å²) in [4.78, 5) is 11.6. The number of carboxylic acids is 1. The Morgan fingerprint density at radius 3 is 2.89 bits per heavy atom. The molecule has 0 spiro atoms. The molecule has 6 heteroatoms. The zero-order valence-corrected chi connectivity index (χ0v) is 10.5. The van der Waals surface area contributed by atoms with Crippen LogP contribution >= 0.6 is 11.3 Å². The molecule has 0 aliphatic carbocycles. The van der Waals surface area contributed by atoms with Crippen LogP contribution in [-0.2, 0) is 6.54 Å². The molecule has 0 atom stereocenters. The van der Waals surface area contributed by atoms with Gasteiger partial charge in [0.1, 0.15) is 11.9 Å². The van der Waals surface area contributed by atoms with Crippen LogP contribution in [0.5, 0.6) is 0 Å². The highest BCUT2D eigenvalue weighted by Gasteiger charge is 2.07. The summed E-state index contributed by atoms with van der Waals surface area (Å²) in [5.74, 6) is -1.44. The molecule has 0 amide bonds. The summed E-state index contributed by atoms with van der Waals surface area (Å²) in [6.07, 6.45) is 0. The minimum absolute atomic E-state index is 0.218. The Morgan fingerprint density at radius 2 is 2.26 bits per heavy atom. The molecule has 0 fully saturated rings. The van der Waals surface area contributed by atoms with Crippen LogP contribution in [-0.4, -0.2) is 11.1 Å². The van der Waals surface area contributed by atoms with Crippen molar-refractivity contribution in [3.8, 4) is 6.07 Å². The minimum atomic E-state index is -0.970. The van der Waals surface area contributed by atoms with Crippen molar-refractivity contribution >= 4 is 23.0 Å². The van der Waals surface area contributed by atoms with Gasteiger partial charge in [0, 0.05) is 16.8 Å². The first kappa shape index (κ1) is 13.1. The Morgan fingerprint density at radius 1 is 1.47 bits per heavy atom. The fourth-order valence-corrected chi connectivity index (χ4v) is 2.33. The van der Waals surface area contributed by atoms with Gasteiger partial charge >= 0.3 is 5.97 Å². The number of rotatable bonds is 4. The van der Waals surface area contributed by atoms with Crippen molar-refractivity contribution in [3.05, 3.63) is 51.5 Å². The second-order valence-electron chi connectivity index (χ2n) is 3.76. The summed E-state index contributed by atoms with van der Waals surface area (Å²) in [5, 5.41) is 22.2. The Hall–Kier alpha value is -2.39. The van der Waals surface area contributed by atoms with Gasteiger partial charge in [0.2, 0.25) is 0 Å². The highest BCUT2D eigenvalue weighted by Crippen LogP contribution is 2.20. The van der Waals surface area contributed by atoms with Crippen LogP contribution < -0.4 is 5.32 Å². The highest BCUT2D eigenvalue weighted by molar-refractivity contribution is 7.10. The smallest absolute Gasteiger partial charge is 0.336 e. The molecule has 0 aliphatic heterocycles. The number of carbonyl (C=O) groups is 1. The van der Waals surface area contributed by atoms with E-state index in [-0.39, 0.29) is 11.1 Å². The van der Waals surface area contributed by atoms with Gasteiger partial charge in [0.25, 0.3) is 0 Å². The number of nitrogens with zero attached hydrogens (tertiary/aromatic N) is 1. The van der Waals surface area contributed by atoms with Crippen LogP contribution in [0.2, 0.25) is 0 Å². The van der Waals surface area contributed by atoms with E-state index in [1.165, 1.54) is 23.5 Å². The lowest BCUT2D eigenvalue weighted by atomic mass is 10.2. The van der Waals surface area contributed by atoms with Crippen LogP contribution in [0.3, 0.4) is 0 Å². The molecule has 2 rings (SSSR count). The molecule has 1 aromatic carbocycles. The molecule has 19 heavy (non-hydrogen) atoms. The number of aromatic carboxylic acids is 1. The summed E-state index contributed by atoms with van der Waals surface area (Å²) in [6.45, 7) is 0.387. The Balaban J connectivity index is 2.10. The summed E-state index contributed by atoms with van der Waals surface area (Å²) >= 11 is 1.31. The fraction of sp³-hybridized carbons (Fsp3) is 0.0769. The number of thiophene rings is 1. The molecule has 0 radical (unpaired) electrons. The molecule has 0 unspecified atom stereocenters. The maximum Gasteiger partial charge on any atom is 0.336 e. The van der Waals surface area contributed by atoms with Crippen molar-refractivity contribution in [2.45, 2.75) is 6.54 Å². The van der Waals surface area contributed by atoms with E-state index in [2.05, 4.69) is 5.32 Å². The maximum atomic E-state index is 12.9. The Bertz CT molecular complexity index is 661. The van der Waals surface area contributed by atoms with Crippen LogP contribution in [0.1, 0.15) is 20.8 Å². The number of nitrogens with one attached hydrogen (secondary N) is 1. The molecule has 2 aromatic rings. The standard InChI is InChI=1S/C13H9FN2O2S/c14-10-1-2-12(8(3-10)5-15)16-6-11-4-9(7-19-11)13(17)18/h1-4,7,16H,6H2,(H,17,18). The average molecular weight is 276 g/mol. The highest BCUT2D eigenvalue weighted by atomic mass is 32.1. The Labute approximate surface area is 112 Å². The SMILES string of the molecule is N#Cc1cc(F)ccc1NCc1cc(C(=O)O)cs1.